The molecule has 0 amide bonds. The molecule has 1 heterocycles. The number of fused-ring (bicyclic) bond motifs is 6. The SMILES string of the molecule is C1=CC(c2ccc(-c3nc(C4=C(c5ccccc5)C=CCC4)nc(-c4ccc5c(c4)Cc4c-5cccc4-c4cccc5c4Cc4ccccc4-5)n3)cc2)=CCC1.CC. The molecule has 4 aliphatic rings. The second-order valence-electron chi connectivity index (χ2n) is 15.3. The predicted octanol–water partition coefficient (Wildman–Crippen LogP) is 14.0. The third-order valence-corrected chi connectivity index (χ3v) is 12.0. The summed E-state index contributed by atoms with van der Waals surface area (Å²) in [5, 5.41) is 0. The van der Waals surface area contributed by atoms with E-state index in [9.17, 15) is 0 Å². The van der Waals surface area contributed by atoms with Gasteiger partial charge in [-0.15, -0.1) is 0 Å². The van der Waals surface area contributed by atoms with Crippen LogP contribution in [0.15, 0.2) is 164 Å². The van der Waals surface area contributed by atoms with Crippen LogP contribution in [0.4, 0.5) is 0 Å². The molecule has 0 atom stereocenters. The van der Waals surface area contributed by atoms with Crippen molar-refractivity contribution in [2.24, 2.45) is 0 Å². The first-order chi connectivity index (χ1) is 28.7. The maximum absolute atomic E-state index is 5.29. The van der Waals surface area contributed by atoms with E-state index in [1.807, 2.05) is 13.8 Å². The molecule has 0 fully saturated rings. The lowest BCUT2D eigenvalue weighted by Gasteiger charge is -2.17. The van der Waals surface area contributed by atoms with Crippen molar-refractivity contribution >= 4 is 16.7 Å². The molecule has 6 aromatic carbocycles. The molecule has 4 aliphatic carbocycles. The summed E-state index contributed by atoms with van der Waals surface area (Å²) in [5.74, 6) is 2.16. The van der Waals surface area contributed by atoms with E-state index in [0.29, 0.717) is 11.6 Å². The molecule has 58 heavy (non-hydrogen) atoms. The van der Waals surface area contributed by atoms with Crippen molar-refractivity contribution in [2.75, 3.05) is 0 Å². The highest BCUT2D eigenvalue weighted by Crippen LogP contribution is 2.47. The number of benzene rings is 6. The number of nitrogens with zero attached hydrogens (tertiary/aromatic N) is 3. The van der Waals surface area contributed by atoms with E-state index >= 15 is 0 Å². The first-order valence-electron chi connectivity index (χ1n) is 20.9. The molecule has 0 N–H and O–H groups in total. The Morgan fingerprint density at radius 3 is 1.71 bits per heavy atom. The molecular weight excluding hydrogens is 703 g/mol. The summed E-state index contributed by atoms with van der Waals surface area (Å²) in [6.07, 6.45) is 17.2. The number of rotatable bonds is 6. The van der Waals surface area contributed by atoms with E-state index in [1.54, 1.807) is 0 Å². The lowest BCUT2D eigenvalue weighted by atomic mass is 9.90. The Hall–Kier alpha value is -6.71. The van der Waals surface area contributed by atoms with Crippen LogP contribution in [0.3, 0.4) is 0 Å². The third kappa shape index (κ3) is 6.37. The Bertz CT molecular complexity index is 2830. The van der Waals surface area contributed by atoms with E-state index in [1.165, 1.54) is 77.9 Å². The zero-order chi connectivity index (χ0) is 39.0. The smallest absolute Gasteiger partial charge is 0.164 e. The Morgan fingerprint density at radius 1 is 0.414 bits per heavy atom. The Morgan fingerprint density at radius 2 is 0.983 bits per heavy atom. The molecule has 0 unspecified atom stereocenters. The number of hydrogen-bond donors (Lipinski definition) is 0. The highest BCUT2D eigenvalue weighted by molar-refractivity contribution is 5.96. The lowest BCUT2D eigenvalue weighted by Crippen LogP contribution is -2.06. The summed E-state index contributed by atoms with van der Waals surface area (Å²) in [6.45, 7) is 4.00. The van der Waals surface area contributed by atoms with Gasteiger partial charge in [0.1, 0.15) is 0 Å². The second-order valence-corrected chi connectivity index (χ2v) is 15.3. The minimum absolute atomic E-state index is 0.698. The van der Waals surface area contributed by atoms with Crippen molar-refractivity contribution in [3.63, 3.8) is 0 Å². The van der Waals surface area contributed by atoms with Crippen molar-refractivity contribution in [3.8, 4) is 56.2 Å². The topological polar surface area (TPSA) is 38.7 Å². The summed E-state index contributed by atoms with van der Waals surface area (Å²) in [7, 11) is 0. The van der Waals surface area contributed by atoms with Gasteiger partial charge in [-0.3, -0.25) is 0 Å². The van der Waals surface area contributed by atoms with Crippen LogP contribution in [0, 0.1) is 0 Å². The zero-order valence-electron chi connectivity index (χ0n) is 33.2. The highest BCUT2D eigenvalue weighted by atomic mass is 15.0. The van der Waals surface area contributed by atoms with Gasteiger partial charge in [0, 0.05) is 16.7 Å². The van der Waals surface area contributed by atoms with Crippen LogP contribution in [0.1, 0.15) is 78.7 Å². The van der Waals surface area contributed by atoms with Crippen LogP contribution < -0.4 is 0 Å². The average molecular weight is 748 g/mol. The first-order valence-corrected chi connectivity index (χ1v) is 20.9. The summed E-state index contributed by atoms with van der Waals surface area (Å²) in [5.41, 5.74) is 21.6. The van der Waals surface area contributed by atoms with Crippen molar-refractivity contribution in [3.05, 3.63) is 203 Å². The highest BCUT2D eigenvalue weighted by Gasteiger charge is 2.27. The summed E-state index contributed by atoms with van der Waals surface area (Å²) < 4.78 is 0. The van der Waals surface area contributed by atoms with Gasteiger partial charge in [0.05, 0.1) is 0 Å². The normalized spacial score (nSPS) is 14.6. The van der Waals surface area contributed by atoms with Gasteiger partial charge in [0.15, 0.2) is 17.5 Å². The molecule has 280 valence electrons. The van der Waals surface area contributed by atoms with Gasteiger partial charge < -0.3 is 0 Å². The Balaban J connectivity index is 0.00000201. The molecule has 7 aromatic rings. The fourth-order valence-corrected chi connectivity index (χ4v) is 9.22. The van der Waals surface area contributed by atoms with Gasteiger partial charge in [-0.2, -0.15) is 0 Å². The average Bonchev–Trinajstić information content (AvgIpc) is 3.89. The molecule has 3 nitrogen and oxygen atoms in total. The first kappa shape index (κ1) is 35.7. The molecular formula is C55H45N3. The predicted molar refractivity (Wildman–Crippen MR) is 242 cm³/mol. The number of aromatic nitrogens is 3. The van der Waals surface area contributed by atoms with Crippen molar-refractivity contribution in [2.45, 2.75) is 52.4 Å². The second kappa shape index (κ2) is 15.3. The largest absolute Gasteiger partial charge is 0.208 e. The van der Waals surface area contributed by atoms with E-state index in [2.05, 4.69) is 164 Å². The van der Waals surface area contributed by atoms with Crippen molar-refractivity contribution in [1.29, 1.82) is 0 Å². The molecule has 0 spiro atoms. The lowest BCUT2D eigenvalue weighted by molar-refractivity contribution is 0.980. The fourth-order valence-electron chi connectivity index (χ4n) is 9.22. The molecule has 3 heteroatoms. The van der Waals surface area contributed by atoms with E-state index in [-0.39, 0.29) is 0 Å². The van der Waals surface area contributed by atoms with Crippen LogP contribution in [0.2, 0.25) is 0 Å². The summed E-state index contributed by atoms with van der Waals surface area (Å²) in [6, 6.07) is 48.7. The minimum Gasteiger partial charge on any atom is -0.208 e. The van der Waals surface area contributed by atoms with Gasteiger partial charge in [-0.25, -0.2) is 15.0 Å². The summed E-state index contributed by atoms with van der Waals surface area (Å²) >= 11 is 0. The minimum atomic E-state index is 0.698. The molecule has 0 radical (unpaired) electrons. The van der Waals surface area contributed by atoms with Crippen LogP contribution in [-0.2, 0) is 12.8 Å². The third-order valence-electron chi connectivity index (χ3n) is 12.0. The molecule has 1 aromatic heterocycles. The fraction of sp³-hybridized carbons (Fsp3) is 0.145. The quantitative estimate of drug-likeness (QED) is 0.170. The van der Waals surface area contributed by atoms with Crippen LogP contribution in [0.5, 0.6) is 0 Å². The van der Waals surface area contributed by atoms with Gasteiger partial charge >= 0.3 is 0 Å². The Labute approximate surface area is 341 Å². The maximum Gasteiger partial charge on any atom is 0.164 e. The monoisotopic (exact) mass is 747 g/mol. The standard InChI is InChI=1S/C53H39N3.C2H6/c1-3-13-34(14-4-1)35-25-27-37(28-26-35)51-54-52(56-53(55-51)48-20-10-9-18-41(48)36-15-5-2-6-16-36)39-29-30-43-40(31-39)33-50-45(43)22-12-24-47(50)46-23-11-21-44-42-19-8-7-17-38(42)32-49(44)46;1-2/h2-3,5-9,11-19,21-31H,1,4,10,20,32-33H2;1-2H3. The molecule has 11 rings (SSSR count). The van der Waals surface area contributed by atoms with E-state index < -0.39 is 0 Å². The number of allylic oxidation sites excluding steroid dienone is 8. The zero-order valence-corrected chi connectivity index (χ0v) is 33.2. The Kier molecular flexibility index (Phi) is 9.43. The van der Waals surface area contributed by atoms with Crippen LogP contribution in [0.25, 0.3) is 72.9 Å². The summed E-state index contributed by atoms with van der Waals surface area (Å²) in [4.78, 5) is 15.7. The van der Waals surface area contributed by atoms with Crippen molar-refractivity contribution < 1.29 is 0 Å². The molecule has 0 bridgehead atoms. The molecule has 0 saturated heterocycles. The van der Waals surface area contributed by atoms with Gasteiger partial charge in [-0.05, 0) is 122 Å². The van der Waals surface area contributed by atoms with Gasteiger partial charge in [-0.1, -0.05) is 172 Å². The van der Waals surface area contributed by atoms with Gasteiger partial charge in [0.2, 0.25) is 0 Å². The van der Waals surface area contributed by atoms with E-state index in [4.69, 9.17) is 15.0 Å². The van der Waals surface area contributed by atoms with E-state index in [0.717, 1.165) is 61.0 Å². The number of hydrogen-bond acceptors (Lipinski definition) is 3. The van der Waals surface area contributed by atoms with Crippen molar-refractivity contribution in [1.82, 2.24) is 15.0 Å². The van der Waals surface area contributed by atoms with Crippen LogP contribution >= 0.6 is 0 Å². The van der Waals surface area contributed by atoms with Crippen LogP contribution in [-0.4, -0.2) is 15.0 Å². The molecule has 0 aliphatic heterocycles. The molecule has 0 saturated carbocycles. The maximum atomic E-state index is 5.29. The van der Waals surface area contributed by atoms with Gasteiger partial charge in [0.25, 0.3) is 0 Å².